The molecule has 0 spiro atoms. The van der Waals surface area contributed by atoms with Crippen molar-refractivity contribution >= 4 is 11.6 Å². The Kier molecular flexibility index (Phi) is 3.17. The van der Waals surface area contributed by atoms with Gasteiger partial charge in [-0.2, -0.15) is 0 Å². The third-order valence-corrected chi connectivity index (χ3v) is 2.67. The zero-order valence-corrected chi connectivity index (χ0v) is 10.1. The molecule has 0 aliphatic carbocycles. The molecule has 1 fully saturated rings. The molecule has 1 aromatic heterocycles. The van der Waals surface area contributed by atoms with E-state index < -0.39 is 0 Å². The van der Waals surface area contributed by atoms with Crippen LogP contribution in [-0.2, 0) is 4.74 Å². The van der Waals surface area contributed by atoms with Crippen LogP contribution >= 0.6 is 0 Å². The van der Waals surface area contributed by atoms with E-state index in [1.165, 1.54) is 6.20 Å². The summed E-state index contributed by atoms with van der Waals surface area (Å²) >= 11 is 0. The lowest BCUT2D eigenvalue weighted by Gasteiger charge is -2.42. The molecule has 17 heavy (non-hydrogen) atoms. The van der Waals surface area contributed by atoms with Gasteiger partial charge in [-0.1, -0.05) is 0 Å². The van der Waals surface area contributed by atoms with Gasteiger partial charge >= 0.3 is 0 Å². The predicted molar refractivity (Wildman–Crippen MR) is 64.7 cm³/mol. The summed E-state index contributed by atoms with van der Waals surface area (Å²) in [5.41, 5.74) is 5.20. The number of aliphatic hydroxyl groups excluding tert-OH is 1. The maximum Gasteiger partial charge on any atom is 0.147 e. The topological polar surface area (TPSA) is 84.5 Å². The van der Waals surface area contributed by atoms with Crippen LogP contribution in [-0.4, -0.2) is 46.5 Å². The average Bonchev–Trinajstić information content (AvgIpc) is 2.27. The molecular formula is C11H18N4O2. The quantitative estimate of drug-likeness (QED) is 0.756. The zero-order valence-electron chi connectivity index (χ0n) is 10.1. The molecule has 6 nitrogen and oxygen atoms in total. The van der Waals surface area contributed by atoms with Crippen molar-refractivity contribution in [1.82, 2.24) is 9.97 Å². The van der Waals surface area contributed by atoms with Gasteiger partial charge in [0.15, 0.2) is 0 Å². The molecule has 1 unspecified atom stereocenters. The fourth-order valence-electron chi connectivity index (χ4n) is 2.06. The Labute approximate surface area is 100 Å². The number of aliphatic hydroxyl groups is 1. The van der Waals surface area contributed by atoms with Gasteiger partial charge in [-0.3, -0.25) is 0 Å². The first-order chi connectivity index (χ1) is 8.00. The molecule has 1 atom stereocenters. The fraction of sp³-hybridized carbons (Fsp3) is 0.636. The number of nitrogen functional groups attached to an aromatic ring is 1. The summed E-state index contributed by atoms with van der Waals surface area (Å²) in [6.07, 6.45) is 2.98. The normalized spacial score (nSPS) is 23.7. The molecule has 1 aliphatic rings. The van der Waals surface area contributed by atoms with Gasteiger partial charge in [-0.25, -0.2) is 9.97 Å². The molecule has 0 amide bonds. The van der Waals surface area contributed by atoms with Crippen LogP contribution in [0.3, 0.4) is 0 Å². The summed E-state index contributed by atoms with van der Waals surface area (Å²) < 4.78 is 5.73. The van der Waals surface area contributed by atoms with E-state index in [0.717, 1.165) is 5.82 Å². The summed E-state index contributed by atoms with van der Waals surface area (Å²) in [7, 11) is 0. The smallest absolute Gasteiger partial charge is 0.147 e. The maximum atomic E-state index is 9.22. The van der Waals surface area contributed by atoms with Crippen LogP contribution in [0.25, 0.3) is 0 Å². The molecule has 1 aliphatic heterocycles. The maximum absolute atomic E-state index is 9.22. The first kappa shape index (κ1) is 12.1. The summed E-state index contributed by atoms with van der Waals surface area (Å²) in [5.74, 6) is 1.16. The molecular weight excluding hydrogens is 220 g/mol. The highest BCUT2D eigenvalue weighted by Crippen LogP contribution is 2.24. The highest BCUT2D eigenvalue weighted by Gasteiger charge is 2.33. The second-order valence-electron chi connectivity index (χ2n) is 4.86. The van der Waals surface area contributed by atoms with Crippen LogP contribution in [0.5, 0.6) is 0 Å². The van der Waals surface area contributed by atoms with Crippen LogP contribution in [0.1, 0.15) is 13.8 Å². The van der Waals surface area contributed by atoms with E-state index in [-0.39, 0.29) is 18.3 Å². The van der Waals surface area contributed by atoms with E-state index in [0.29, 0.717) is 18.9 Å². The summed E-state index contributed by atoms with van der Waals surface area (Å²) in [5, 5.41) is 9.22. The average molecular weight is 238 g/mol. The van der Waals surface area contributed by atoms with Crippen molar-refractivity contribution in [2.45, 2.75) is 25.6 Å². The lowest BCUT2D eigenvalue weighted by Crippen LogP contribution is -2.54. The van der Waals surface area contributed by atoms with Crippen LogP contribution in [0, 0.1) is 0 Å². The SMILES string of the molecule is CC1(C)CN(c2cnc(N)cn2)CC(CO)O1. The standard InChI is InChI=1S/C11H18N4O2/c1-11(2)7-15(5-8(6-16)17-11)10-4-13-9(12)3-14-10/h3-4,8,16H,5-7H2,1-2H3,(H2,12,13). The Morgan fingerprint density at radius 1 is 1.53 bits per heavy atom. The van der Waals surface area contributed by atoms with Gasteiger partial charge in [0.2, 0.25) is 0 Å². The minimum atomic E-state index is -0.311. The number of rotatable bonds is 2. The van der Waals surface area contributed by atoms with Gasteiger partial charge < -0.3 is 20.5 Å². The van der Waals surface area contributed by atoms with E-state index in [4.69, 9.17) is 10.5 Å². The van der Waals surface area contributed by atoms with Gasteiger partial charge in [-0.15, -0.1) is 0 Å². The third-order valence-electron chi connectivity index (χ3n) is 2.67. The van der Waals surface area contributed by atoms with Crippen LogP contribution < -0.4 is 10.6 Å². The number of aromatic nitrogens is 2. The number of anilines is 2. The summed E-state index contributed by atoms with van der Waals surface area (Å²) in [6.45, 7) is 5.31. The minimum absolute atomic E-state index is 0.00231. The van der Waals surface area contributed by atoms with Crippen LogP contribution in [0.2, 0.25) is 0 Å². The molecule has 1 aromatic rings. The number of hydrogen-bond acceptors (Lipinski definition) is 6. The van der Waals surface area contributed by atoms with Crippen molar-refractivity contribution < 1.29 is 9.84 Å². The highest BCUT2D eigenvalue weighted by molar-refractivity contribution is 5.40. The van der Waals surface area contributed by atoms with Crippen molar-refractivity contribution in [2.24, 2.45) is 0 Å². The van der Waals surface area contributed by atoms with E-state index in [9.17, 15) is 5.11 Å². The monoisotopic (exact) mass is 238 g/mol. The molecule has 0 aromatic carbocycles. The largest absolute Gasteiger partial charge is 0.394 e. The van der Waals surface area contributed by atoms with Gasteiger partial charge in [0.25, 0.3) is 0 Å². The van der Waals surface area contributed by atoms with Gasteiger partial charge in [0, 0.05) is 13.1 Å². The lowest BCUT2D eigenvalue weighted by molar-refractivity contribution is -0.101. The second-order valence-corrected chi connectivity index (χ2v) is 4.86. The number of nitrogens with zero attached hydrogens (tertiary/aromatic N) is 3. The molecule has 2 rings (SSSR count). The molecule has 2 heterocycles. The number of ether oxygens (including phenoxy) is 1. The Morgan fingerprint density at radius 2 is 2.29 bits per heavy atom. The zero-order chi connectivity index (χ0) is 12.5. The molecule has 6 heteroatoms. The first-order valence-corrected chi connectivity index (χ1v) is 5.61. The van der Waals surface area contributed by atoms with E-state index in [1.54, 1.807) is 6.20 Å². The third kappa shape index (κ3) is 2.83. The Balaban J connectivity index is 2.17. The summed E-state index contributed by atoms with van der Waals surface area (Å²) in [4.78, 5) is 10.3. The van der Waals surface area contributed by atoms with Gasteiger partial charge in [-0.05, 0) is 13.8 Å². The fourth-order valence-corrected chi connectivity index (χ4v) is 2.06. The van der Waals surface area contributed by atoms with Crippen LogP contribution in [0.15, 0.2) is 12.4 Å². The minimum Gasteiger partial charge on any atom is -0.394 e. The first-order valence-electron chi connectivity index (χ1n) is 5.61. The number of morpholine rings is 1. The summed E-state index contributed by atoms with van der Waals surface area (Å²) in [6, 6.07) is 0. The van der Waals surface area contributed by atoms with Crippen molar-refractivity contribution in [3.05, 3.63) is 12.4 Å². The second kappa shape index (κ2) is 4.46. The van der Waals surface area contributed by atoms with Gasteiger partial charge in [0.05, 0.1) is 30.7 Å². The number of hydrogen-bond donors (Lipinski definition) is 2. The van der Waals surface area contributed by atoms with E-state index in [1.807, 2.05) is 13.8 Å². The van der Waals surface area contributed by atoms with Crippen molar-refractivity contribution in [2.75, 3.05) is 30.3 Å². The van der Waals surface area contributed by atoms with E-state index in [2.05, 4.69) is 14.9 Å². The molecule has 0 radical (unpaired) electrons. The molecule has 3 N–H and O–H groups in total. The molecule has 0 bridgehead atoms. The molecule has 1 saturated heterocycles. The van der Waals surface area contributed by atoms with Crippen LogP contribution in [0.4, 0.5) is 11.6 Å². The highest BCUT2D eigenvalue weighted by atomic mass is 16.5. The van der Waals surface area contributed by atoms with Crippen molar-refractivity contribution in [3.8, 4) is 0 Å². The lowest BCUT2D eigenvalue weighted by atomic mass is 10.1. The number of nitrogens with two attached hydrogens (primary N) is 1. The Hall–Kier alpha value is -1.40. The predicted octanol–water partition coefficient (Wildman–Crippen LogP) is 0.0349. The molecule has 0 saturated carbocycles. The van der Waals surface area contributed by atoms with E-state index >= 15 is 0 Å². The van der Waals surface area contributed by atoms with Gasteiger partial charge in [0.1, 0.15) is 11.6 Å². The Morgan fingerprint density at radius 3 is 2.88 bits per heavy atom. The van der Waals surface area contributed by atoms with Crippen molar-refractivity contribution in [3.63, 3.8) is 0 Å². The Bertz CT molecular complexity index is 380. The molecule has 94 valence electrons. The van der Waals surface area contributed by atoms with Crippen molar-refractivity contribution in [1.29, 1.82) is 0 Å².